The van der Waals surface area contributed by atoms with Gasteiger partial charge in [0.15, 0.2) is 6.10 Å². The van der Waals surface area contributed by atoms with E-state index in [1.54, 1.807) is 0 Å². The predicted octanol–water partition coefficient (Wildman–Crippen LogP) is 2.55. The molecule has 0 aromatic heterocycles. The molecule has 0 amide bonds. The molecule has 0 bridgehead atoms. The van der Waals surface area contributed by atoms with Crippen molar-refractivity contribution in [3.05, 3.63) is 29.6 Å². The molecule has 0 saturated carbocycles. The van der Waals surface area contributed by atoms with Gasteiger partial charge in [-0.15, -0.1) is 0 Å². The van der Waals surface area contributed by atoms with Gasteiger partial charge in [-0.1, -0.05) is 0 Å². The van der Waals surface area contributed by atoms with Crippen LogP contribution in [0.4, 0.5) is 17.6 Å². The normalized spacial score (nSPS) is 13.2. The van der Waals surface area contributed by atoms with E-state index in [9.17, 15) is 17.6 Å². The zero-order valence-electron chi connectivity index (χ0n) is 8.81. The molecule has 1 aromatic rings. The lowest BCUT2D eigenvalue weighted by atomic mass is 10.2. The fourth-order valence-electron chi connectivity index (χ4n) is 1.06. The van der Waals surface area contributed by atoms with Gasteiger partial charge in [0.05, 0.1) is 5.56 Å². The summed E-state index contributed by atoms with van der Waals surface area (Å²) in [5.74, 6) is -1.90. The molecule has 3 nitrogen and oxygen atoms in total. The van der Waals surface area contributed by atoms with Crippen molar-refractivity contribution in [1.82, 2.24) is 0 Å². The molecule has 0 aliphatic heterocycles. The highest BCUT2D eigenvalue weighted by Gasteiger charge is 2.34. The molecular weight excluding hydrogens is 240 g/mol. The van der Waals surface area contributed by atoms with E-state index in [1.165, 1.54) is 6.92 Å². The minimum atomic E-state index is -4.79. The summed E-state index contributed by atoms with van der Waals surface area (Å²) in [4.78, 5) is 0. The quantitative estimate of drug-likeness (QED) is 0.492. The Bertz CT molecular complexity index is 431. The predicted molar refractivity (Wildman–Crippen MR) is 53.4 cm³/mol. The first-order valence-electron chi connectivity index (χ1n) is 4.59. The Balaban J connectivity index is 3.01. The lowest BCUT2D eigenvalue weighted by Crippen LogP contribution is -2.30. The summed E-state index contributed by atoms with van der Waals surface area (Å²) in [6.45, 7) is 1.40. The van der Waals surface area contributed by atoms with Crippen molar-refractivity contribution in [3.63, 3.8) is 0 Å². The molecule has 1 unspecified atom stereocenters. The molecule has 0 aliphatic rings. The summed E-state index contributed by atoms with van der Waals surface area (Å²) >= 11 is 0. The van der Waals surface area contributed by atoms with E-state index in [-0.39, 0.29) is 11.6 Å². The molecular formula is C10H10F4N2O. The van der Waals surface area contributed by atoms with Gasteiger partial charge >= 0.3 is 6.18 Å². The first-order valence-corrected chi connectivity index (χ1v) is 4.59. The number of alkyl halides is 3. The van der Waals surface area contributed by atoms with Crippen molar-refractivity contribution in [2.75, 3.05) is 0 Å². The zero-order valence-corrected chi connectivity index (χ0v) is 8.81. The van der Waals surface area contributed by atoms with E-state index in [1.807, 2.05) is 0 Å². The number of hydrogen-bond donors (Lipinski definition) is 2. The SMILES string of the molecule is CC(Oc1ccc(F)c(C(F)(F)F)c1)C(=N)N. The molecule has 1 atom stereocenters. The third-order valence-electron chi connectivity index (χ3n) is 1.99. The number of rotatable bonds is 3. The van der Waals surface area contributed by atoms with Crippen LogP contribution in [0.15, 0.2) is 18.2 Å². The fraction of sp³-hybridized carbons (Fsp3) is 0.300. The van der Waals surface area contributed by atoms with Crippen LogP contribution in [-0.2, 0) is 6.18 Å². The average Bonchev–Trinajstić information content (AvgIpc) is 2.19. The molecule has 0 fully saturated rings. The molecule has 0 radical (unpaired) electrons. The van der Waals surface area contributed by atoms with Crippen LogP contribution in [-0.4, -0.2) is 11.9 Å². The molecule has 7 heteroatoms. The number of hydrogen-bond acceptors (Lipinski definition) is 2. The van der Waals surface area contributed by atoms with E-state index < -0.39 is 23.7 Å². The molecule has 94 valence electrons. The van der Waals surface area contributed by atoms with E-state index in [0.29, 0.717) is 12.1 Å². The first-order chi connectivity index (χ1) is 7.71. The molecule has 0 heterocycles. The van der Waals surface area contributed by atoms with Crippen molar-refractivity contribution in [1.29, 1.82) is 5.41 Å². The number of benzene rings is 1. The second-order valence-electron chi connectivity index (χ2n) is 3.35. The molecule has 0 saturated heterocycles. The maximum Gasteiger partial charge on any atom is 0.419 e. The molecule has 1 rings (SSSR count). The van der Waals surface area contributed by atoms with Gasteiger partial charge < -0.3 is 10.5 Å². The lowest BCUT2D eigenvalue weighted by molar-refractivity contribution is -0.140. The standard InChI is InChI=1S/C10H10F4N2O/c1-5(9(15)16)17-6-2-3-8(11)7(4-6)10(12,13)14/h2-5H,1H3,(H3,15,16). The Kier molecular flexibility index (Phi) is 3.59. The van der Waals surface area contributed by atoms with E-state index >= 15 is 0 Å². The first kappa shape index (κ1) is 13.3. The second-order valence-corrected chi connectivity index (χ2v) is 3.35. The summed E-state index contributed by atoms with van der Waals surface area (Å²) < 4.78 is 55.0. The lowest BCUT2D eigenvalue weighted by Gasteiger charge is -2.15. The number of nitrogens with two attached hydrogens (primary N) is 1. The van der Waals surface area contributed by atoms with Gasteiger partial charge in [-0.25, -0.2) is 4.39 Å². The minimum Gasteiger partial charge on any atom is -0.483 e. The topological polar surface area (TPSA) is 59.1 Å². The smallest absolute Gasteiger partial charge is 0.419 e. The number of nitrogens with one attached hydrogen (secondary N) is 1. The third-order valence-corrected chi connectivity index (χ3v) is 1.99. The highest BCUT2D eigenvalue weighted by Crippen LogP contribution is 2.33. The van der Waals surface area contributed by atoms with Crippen LogP contribution in [0, 0.1) is 11.2 Å². The Morgan fingerprint density at radius 1 is 1.41 bits per heavy atom. The molecule has 1 aromatic carbocycles. The van der Waals surface area contributed by atoms with Gasteiger partial charge in [0, 0.05) is 0 Å². The van der Waals surface area contributed by atoms with Crippen molar-refractivity contribution in [3.8, 4) is 5.75 Å². The van der Waals surface area contributed by atoms with Gasteiger partial charge in [-0.3, -0.25) is 5.41 Å². The van der Waals surface area contributed by atoms with E-state index in [4.69, 9.17) is 15.9 Å². The largest absolute Gasteiger partial charge is 0.483 e. The molecule has 0 spiro atoms. The van der Waals surface area contributed by atoms with Crippen LogP contribution < -0.4 is 10.5 Å². The van der Waals surface area contributed by atoms with Crippen molar-refractivity contribution >= 4 is 5.84 Å². The van der Waals surface area contributed by atoms with Crippen LogP contribution in [0.25, 0.3) is 0 Å². The van der Waals surface area contributed by atoms with Gasteiger partial charge in [0.25, 0.3) is 0 Å². The Morgan fingerprint density at radius 3 is 2.47 bits per heavy atom. The number of halogens is 4. The van der Waals surface area contributed by atoms with Crippen molar-refractivity contribution < 1.29 is 22.3 Å². The Hall–Kier alpha value is -1.79. The maximum absolute atomic E-state index is 12.9. The van der Waals surface area contributed by atoms with Crippen LogP contribution in [0.5, 0.6) is 5.75 Å². The Labute approximate surface area is 94.7 Å². The van der Waals surface area contributed by atoms with Crippen LogP contribution in [0.3, 0.4) is 0 Å². The van der Waals surface area contributed by atoms with Gasteiger partial charge in [-0.2, -0.15) is 13.2 Å². The highest BCUT2D eigenvalue weighted by molar-refractivity contribution is 5.81. The highest BCUT2D eigenvalue weighted by atomic mass is 19.4. The minimum absolute atomic E-state index is 0.193. The number of ether oxygens (including phenoxy) is 1. The van der Waals surface area contributed by atoms with Crippen LogP contribution in [0.2, 0.25) is 0 Å². The molecule has 17 heavy (non-hydrogen) atoms. The van der Waals surface area contributed by atoms with Crippen molar-refractivity contribution in [2.45, 2.75) is 19.2 Å². The number of amidine groups is 1. The van der Waals surface area contributed by atoms with Gasteiger partial charge in [0.1, 0.15) is 17.4 Å². The maximum atomic E-state index is 12.9. The fourth-order valence-corrected chi connectivity index (χ4v) is 1.06. The average molecular weight is 250 g/mol. The van der Waals surface area contributed by atoms with Crippen molar-refractivity contribution in [2.24, 2.45) is 5.73 Å². The van der Waals surface area contributed by atoms with Gasteiger partial charge in [0.2, 0.25) is 0 Å². The summed E-state index contributed by atoms with van der Waals surface area (Å²) in [6, 6.07) is 2.24. The van der Waals surface area contributed by atoms with Crippen LogP contribution >= 0.6 is 0 Å². The molecule has 3 N–H and O–H groups in total. The second kappa shape index (κ2) is 4.60. The summed E-state index contributed by atoms with van der Waals surface area (Å²) in [5.41, 5.74) is 3.69. The third kappa shape index (κ3) is 3.33. The van der Waals surface area contributed by atoms with Gasteiger partial charge in [-0.05, 0) is 25.1 Å². The summed E-state index contributed by atoms with van der Waals surface area (Å²) in [6.07, 6.45) is -5.66. The van der Waals surface area contributed by atoms with Crippen LogP contribution in [0.1, 0.15) is 12.5 Å². The van der Waals surface area contributed by atoms with E-state index in [0.717, 1.165) is 6.07 Å². The summed E-state index contributed by atoms with van der Waals surface area (Å²) in [5, 5.41) is 7.02. The zero-order chi connectivity index (χ0) is 13.2. The molecule has 0 aliphatic carbocycles. The Morgan fingerprint density at radius 2 is 2.00 bits per heavy atom. The van der Waals surface area contributed by atoms with E-state index in [2.05, 4.69) is 0 Å². The monoisotopic (exact) mass is 250 g/mol. The summed E-state index contributed by atoms with van der Waals surface area (Å²) in [7, 11) is 0.